The predicted octanol–water partition coefficient (Wildman–Crippen LogP) is 1.43. The first kappa shape index (κ1) is 11.6. The third kappa shape index (κ3) is 3.94. The Kier molecular flexibility index (Phi) is 4.83. The molecule has 4 nitrogen and oxygen atoms in total. The van der Waals surface area contributed by atoms with Gasteiger partial charge in [0.15, 0.2) is 0 Å². The maximum absolute atomic E-state index is 5.68. The Morgan fingerprint density at radius 1 is 1.44 bits per heavy atom. The average molecular weight is 223 g/mol. The summed E-state index contributed by atoms with van der Waals surface area (Å²) in [4.78, 5) is 4.01. The van der Waals surface area contributed by atoms with Gasteiger partial charge in [0.1, 0.15) is 0 Å². The minimum Gasteiger partial charge on any atom is -0.380 e. The highest BCUT2D eigenvalue weighted by Crippen LogP contribution is 2.07. The number of aromatic nitrogens is 2. The van der Waals surface area contributed by atoms with Crippen LogP contribution >= 0.6 is 0 Å². The molecule has 0 aromatic carbocycles. The van der Waals surface area contributed by atoms with Crippen molar-refractivity contribution in [3.05, 3.63) is 18.7 Å². The van der Waals surface area contributed by atoms with Gasteiger partial charge in [-0.25, -0.2) is 4.98 Å². The Morgan fingerprint density at radius 3 is 3.19 bits per heavy atom. The molecule has 0 bridgehead atoms. The summed E-state index contributed by atoms with van der Waals surface area (Å²) in [5.41, 5.74) is 0. The van der Waals surface area contributed by atoms with Gasteiger partial charge in [0.2, 0.25) is 0 Å². The van der Waals surface area contributed by atoms with Crippen LogP contribution in [-0.4, -0.2) is 35.4 Å². The number of hydrogen-bond acceptors (Lipinski definition) is 3. The van der Waals surface area contributed by atoms with Crippen molar-refractivity contribution in [1.29, 1.82) is 0 Å². The van der Waals surface area contributed by atoms with Crippen molar-refractivity contribution in [1.82, 2.24) is 14.9 Å². The number of nitrogens with zero attached hydrogens (tertiary/aromatic N) is 2. The van der Waals surface area contributed by atoms with E-state index in [1.165, 1.54) is 19.3 Å². The second-order valence-corrected chi connectivity index (χ2v) is 4.38. The Hall–Kier alpha value is -0.870. The zero-order valence-electron chi connectivity index (χ0n) is 9.77. The van der Waals surface area contributed by atoms with Gasteiger partial charge in [-0.3, -0.25) is 0 Å². The van der Waals surface area contributed by atoms with Gasteiger partial charge in [-0.2, -0.15) is 0 Å². The largest absolute Gasteiger partial charge is 0.380 e. The van der Waals surface area contributed by atoms with Crippen LogP contribution in [0.25, 0.3) is 0 Å². The van der Waals surface area contributed by atoms with Crippen molar-refractivity contribution >= 4 is 0 Å². The molecule has 0 aliphatic carbocycles. The molecule has 0 radical (unpaired) electrons. The van der Waals surface area contributed by atoms with E-state index in [-0.39, 0.29) is 0 Å². The number of ether oxygens (including phenoxy) is 1. The fraction of sp³-hybridized carbons (Fsp3) is 0.750. The van der Waals surface area contributed by atoms with Crippen molar-refractivity contribution in [3.8, 4) is 0 Å². The molecule has 1 aromatic heterocycles. The van der Waals surface area contributed by atoms with E-state index in [4.69, 9.17) is 4.74 Å². The number of hydrogen-bond donors (Lipinski definition) is 1. The van der Waals surface area contributed by atoms with Crippen LogP contribution in [-0.2, 0) is 11.3 Å². The maximum Gasteiger partial charge on any atom is 0.0945 e. The van der Waals surface area contributed by atoms with Crippen LogP contribution in [0.4, 0.5) is 0 Å². The van der Waals surface area contributed by atoms with E-state index in [0.29, 0.717) is 6.04 Å². The molecule has 1 aromatic rings. The zero-order valence-corrected chi connectivity index (χ0v) is 9.77. The third-order valence-corrected chi connectivity index (χ3v) is 3.00. The maximum atomic E-state index is 5.68. The SMILES string of the molecule is c1cn(CCCOCC2CCCCN2)cn1. The van der Waals surface area contributed by atoms with Gasteiger partial charge >= 0.3 is 0 Å². The van der Waals surface area contributed by atoms with E-state index in [2.05, 4.69) is 14.9 Å². The topological polar surface area (TPSA) is 39.1 Å². The Bertz CT molecular complexity index is 268. The standard InChI is InChI=1S/C12H21N3O/c1-2-5-14-12(4-1)10-16-9-3-7-15-8-6-13-11-15/h6,8,11-12,14H,1-5,7,9-10H2. The fourth-order valence-corrected chi connectivity index (χ4v) is 2.06. The number of aryl methyl sites for hydroxylation is 1. The van der Waals surface area contributed by atoms with Gasteiger partial charge in [-0.05, 0) is 25.8 Å². The van der Waals surface area contributed by atoms with Crippen LogP contribution in [0.2, 0.25) is 0 Å². The summed E-state index contributed by atoms with van der Waals surface area (Å²) in [6.07, 6.45) is 10.6. The van der Waals surface area contributed by atoms with Crippen LogP contribution in [0, 0.1) is 0 Å². The van der Waals surface area contributed by atoms with E-state index in [1.807, 2.05) is 18.7 Å². The van der Waals surface area contributed by atoms with Crippen molar-refractivity contribution in [2.24, 2.45) is 0 Å². The smallest absolute Gasteiger partial charge is 0.0945 e. The van der Waals surface area contributed by atoms with Crippen LogP contribution in [0.3, 0.4) is 0 Å². The first-order valence-corrected chi connectivity index (χ1v) is 6.22. The molecule has 1 aliphatic heterocycles. The molecule has 1 saturated heterocycles. The molecule has 1 unspecified atom stereocenters. The van der Waals surface area contributed by atoms with Crippen molar-refractivity contribution < 1.29 is 4.74 Å². The molecule has 1 aliphatic rings. The number of imidazole rings is 1. The summed E-state index contributed by atoms with van der Waals surface area (Å²) in [5, 5.41) is 3.48. The molecule has 0 spiro atoms. The highest BCUT2D eigenvalue weighted by Gasteiger charge is 2.11. The van der Waals surface area contributed by atoms with E-state index in [9.17, 15) is 0 Å². The molecule has 2 heterocycles. The lowest BCUT2D eigenvalue weighted by molar-refractivity contribution is 0.0989. The Balaban J connectivity index is 1.48. The molecule has 1 atom stereocenters. The van der Waals surface area contributed by atoms with E-state index in [1.54, 1.807) is 0 Å². The van der Waals surface area contributed by atoms with Gasteiger partial charge in [-0.15, -0.1) is 0 Å². The van der Waals surface area contributed by atoms with Gasteiger partial charge in [0.25, 0.3) is 0 Å². The summed E-state index contributed by atoms with van der Waals surface area (Å²) >= 11 is 0. The van der Waals surface area contributed by atoms with E-state index in [0.717, 1.165) is 32.7 Å². The normalized spacial score (nSPS) is 21.1. The zero-order chi connectivity index (χ0) is 11.1. The highest BCUT2D eigenvalue weighted by atomic mass is 16.5. The average Bonchev–Trinajstić information content (AvgIpc) is 2.83. The quantitative estimate of drug-likeness (QED) is 0.742. The molecule has 2 rings (SSSR count). The summed E-state index contributed by atoms with van der Waals surface area (Å²) in [6.45, 7) is 3.86. The fourth-order valence-electron chi connectivity index (χ4n) is 2.06. The summed E-state index contributed by atoms with van der Waals surface area (Å²) < 4.78 is 7.76. The molecular weight excluding hydrogens is 202 g/mol. The van der Waals surface area contributed by atoms with Crippen LogP contribution < -0.4 is 5.32 Å². The summed E-state index contributed by atoms with van der Waals surface area (Å²) in [7, 11) is 0. The lowest BCUT2D eigenvalue weighted by Gasteiger charge is -2.23. The van der Waals surface area contributed by atoms with Crippen molar-refractivity contribution in [3.63, 3.8) is 0 Å². The molecule has 0 amide bonds. The lowest BCUT2D eigenvalue weighted by Crippen LogP contribution is -2.37. The summed E-state index contributed by atoms with van der Waals surface area (Å²) in [5.74, 6) is 0. The minimum atomic E-state index is 0.585. The number of piperidine rings is 1. The first-order valence-electron chi connectivity index (χ1n) is 6.22. The summed E-state index contributed by atoms with van der Waals surface area (Å²) in [6, 6.07) is 0.585. The lowest BCUT2D eigenvalue weighted by atomic mass is 10.1. The molecule has 1 fully saturated rings. The molecular formula is C12H21N3O. The van der Waals surface area contributed by atoms with Gasteiger partial charge < -0.3 is 14.6 Å². The van der Waals surface area contributed by atoms with Gasteiger partial charge in [0.05, 0.1) is 12.9 Å². The van der Waals surface area contributed by atoms with Crippen LogP contribution in [0.5, 0.6) is 0 Å². The second-order valence-electron chi connectivity index (χ2n) is 4.38. The minimum absolute atomic E-state index is 0.585. The van der Waals surface area contributed by atoms with Crippen LogP contribution in [0.1, 0.15) is 25.7 Å². The molecule has 1 N–H and O–H groups in total. The monoisotopic (exact) mass is 223 g/mol. The number of rotatable bonds is 6. The van der Waals surface area contributed by atoms with Crippen molar-refractivity contribution in [2.45, 2.75) is 38.3 Å². The Labute approximate surface area is 97.0 Å². The second kappa shape index (κ2) is 6.66. The first-order chi connectivity index (χ1) is 7.95. The predicted molar refractivity (Wildman–Crippen MR) is 63.3 cm³/mol. The highest BCUT2D eigenvalue weighted by molar-refractivity contribution is 4.74. The van der Waals surface area contributed by atoms with Gasteiger partial charge in [-0.1, -0.05) is 6.42 Å². The van der Waals surface area contributed by atoms with E-state index >= 15 is 0 Å². The van der Waals surface area contributed by atoms with E-state index < -0.39 is 0 Å². The Morgan fingerprint density at radius 2 is 2.44 bits per heavy atom. The molecule has 90 valence electrons. The number of nitrogens with one attached hydrogen (secondary N) is 1. The van der Waals surface area contributed by atoms with Gasteiger partial charge in [0, 0.05) is 31.6 Å². The van der Waals surface area contributed by atoms with Crippen LogP contribution in [0.15, 0.2) is 18.7 Å². The third-order valence-electron chi connectivity index (χ3n) is 3.00. The molecule has 4 heteroatoms. The molecule has 16 heavy (non-hydrogen) atoms. The molecule has 0 saturated carbocycles. The van der Waals surface area contributed by atoms with Crippen molar-refractivity contribution in [2.75, 3.05) is 19.8 Å².